The summed E-state index contributed by atoms with van der Waals surface area (Å²) in [5, 5.41) is 13.4. The molecule has 0 aliphatic carbocycles. The zero-order chi connectivity index (χ0) is 12.7. The third-order valence-electron chi connectivity index (χ3n) is 1.86. The predicted octanol–water partition coefficient (Wildman–Crippen LogP) is -0.486. The quantitative estimate of drug-likeness (QED) is 0.535. The molecule has 0 rings (SSSR count). The molecule has 0 saturated carbocycles. The maximum absolute atomic E-state index is 11.3. The summed E-state index contributed by atoms with van der Waals surface area (Å²) in [6, 6.07) is -0.951. The van der Waals surface area contributed by atoms with Crippen molar-refractivity contribution in [3.63, 3.8) is 0 Å². The lowest BCUT2D eigenvalue weighted by Gasteiger charge is -2.17. The van der Waals surface area contributed by atoms with Gasteiger partial charge in [-0.05, 0) is 12.0 Å². The number of nitrogens with one attached hydrogen (secondary N) is 2. The van der Waals surface area contributed by atoms with Gasteiger partial charge in [0.25, 0.3) is 0 Å². The van der Waals surface area contributed by atoms with E-state index in [0.29, 0.717) is 0 Å². The van der Waals surface area contributed by atoms with Crippen molar-refractivity contribution < 1.29 is 19.5 Å². The summed E-state index contributed by atoms with van der Waals surface area (Å²) in [4.78, 5) is 32.8. The Hall–Kier alpha value is -1.85. The highest BCUT2D eigenvalue weighted by Gasteiger charge is 2.23. The first-order valence-corrected chi connectivity index (χ1v) is 4.81. The van der Waals surface area contributed by atoms with Crippen molar-refractivity contribution in [2.24, 2.45) is 5.92 Å². The highest BCUT2D eigenvalue weighted by atomic mass is 16.4. The second-order valence-electron chi connectivity index (χ2n) is 3.55. The van der Waals surface area contributed by atoms with Crippen molar-refractivity contribution in [1.29, 1.82) is 0 Å². The second kappa shape index (κ2) is 6.60. The normalized spacial score (nSPS) is 11.7. The number of hydrogen-bond donors (Lipinski definition) is 3. The van der Waals surface area contributed by atoms with Crippen LogP contribution in [0.2, 0.25) is 0 Å². The molecule has 0 aliphatic rings. The Balaban J connectivity index is 4.16. The molecular formula is C10H16N2O4. The van der Waals surface area contributed by atoms with Crippen molar-refractivity contribution in [2.75, 3.05) is 6.54 Å². The van der Waals surface area contributed by atoms with E-state index in [2.05, 4.69) is 17.2 Å². The number of hydrogen-bond acceptors (Lipinski definition) is 3. The zero-order valence-corrected chi connectivity index (χ0v) is 9.32. The summed E-state index contributed by atoms with van der Waals surface area (Å²) in [5.41, 5.74) is 0. The Morgan fingerprint density at radius 3 is 2.31 bits per heavy atom. The Kier molecular flexibility index (Phi) is 5.84. The van der Waals surface area contributed by atoms with Crippen LogP contribution in [0.4, 0.5) is 0 Å². The number of carbonyl (C=O) groups is 3. The van der Waals surface area contributed by atoms with Crippen LogP contribution in [0.1, 0.15) is 13.8 Å². The van der Waals surface area contributed by atoms with Gasteiger partial charge in [0.1, 0.15) is 6.04 Å². The van der Waals surface area contributed by atoms with E-state index in [1.807, 2.05) is 0 Å². The van der Waals surface area contributed by atoms with Gasteiger partial charge in [-0.15, -0.1) is 0 Å². The van der Waals surface area contributed by atoms with E-state index in [9.17, 15) is 14.4 Å². The standard InChI is InChI=1S/C10H16N2O4/c1-4-7(13)11-5-8(14)12-9(6(2)3)10(15)16/h4,6,9H,1,5H2,2-3H3,(H,11,13)(H,12,14)(H,15,16)/t9-/m0/s1. The van der Waals surface area contributed by atoms with Crippen molar-refractivity contribution >= 4 is 17.8 Å². The lowest BCUT2D eigenvalue weighted by atomic mass is 10.1. The topological polar surface area (TPSA) is 95.5 Å². The van der Waals surface area contributed by atoms with Gasteiger partial charge in [0.15, 0.2) is 0 Å². The van der Waals surface area contributed by atoms with Crippen LogP contribution in [0.25, 0.3) is 0 Å². The molecule has 1 atom stereocenters. The molecule has 0 spiro atoms. The minimum absolute atomic E-state index is 0.225. The summed E-state index contributed by atoms with van der Waals surface area (Å²) in [6.07, 6.45) is 1.03. The lowest BCUT2D eigenvalue weighted by molar-refractivity contribution is -0.143. The molecule has 16 heavy (non-hydrogen) atoms. The highest BCUT2D eigenvalue weighted by molar-refractivity contribution is 5.91. The van der Waals surface area contributed by atoms with Gasteiger partial charge in [-0.1, -0.05) is 20.4 Å². The molecule has 2 amide bonds. The molecule has 0 heterocycles. The van der Waals surface area contributed by atoms with Gasteiger partial charge in [-0.2, -0.15) is 0 Å². The molecule has 3 N–H and O–H groups in total. The van der Waals surface area contributed by atoms with Crippen LogP contribution in [0.3, 0.4) is 0 Å². The number of carbonyl (C=O) groups excluding carboxylic acids is 2. The molecule has 0 fully saturated rings. The third-order valence-corrected chi connectivity index (χ3v) is 1.86. The summed E-state index contributed by atoms with van der Waals surface area (Å²) >= 11 is 0. The molecular weight excluding hydrogens is 212 g/mol. The van der Waals surface area contributed by atoms with Gasteiger partial charge in [0, 0.05) is 0 Å². The van der Waals surface area contributed by atoms with Crippen LogP contribution in [0, 0.1) is 5.92 Å². The number of carboxylic acids is 1. The molecule has 0 aromatic heterocycles. The smallest absolute Gasteiger partial charge is 0.326 e. The number of carboxylic acid groups (broad SMARTS) is 1. The van der Waals surface area contributed by atoms with Gasteiger partial charge in [0.2, 0.25) is 11.8 Å². The minimum Gasteiger partial charge on any atom is -0.480 e. The molecule has 0 aromatic rings. The van der Waals surface area contributed by atoms with E-state index < -0.39 is 23.8 Å². The van der Waals surface area contributed by atoms with Crippen LogP contribution in [-0.4, -0.2) is 35.5 Å². The average molecular weight is 228 g/mol. The minimum atomic E-state index is -1.10. The highest BCUT2D eigenvalue weighted by Crippen LogP contribution is 2.00. The largest absolute Gasteiger partial charge is 0.480 e. The van der Waals surface area contributed by atoms with Crippen LogP contribution in [-0.2, 0) is 14.4 Å². The third kappa shape index (κ3) is 5.14. The van der Waals surface area contributed by atoms with Gasteiger partial charge in [-0.3, -0.25) is 9.59 Å². The van der Waals surface area contributed by atoms with Gasteiger partial charge in [0.05, 0.1) is 6.54 Å². The Morgan fingerprint density at radius 1 is 1.38 bits per heavy atom. The van der Waals surface area contributed by atoms with Crippen LogP contribution < -0.4 is 10.6 Å². The monoisotopic (exact) mass is 228 g/mol. The van der Waals surface area contributed by atoms with Crippen molar-refractivity contribution in [3.05, 3.63) is 12.7 Å². The second-order valence-corrected chi connectivity index (χ2v) is 3.55. The molecule has 0 unspecified atom stereocenters. The van der Waals surface area contributed by atoms with E-state index in [1.54, 1.807) is 13.8 Å². The zero-order valence-electron chi connectivity index (χ0n) is 9.32. The van der Waals surface area contributed by atoms with Gasteiger partial charge < -0.3 is 15.7 Å². The Morgan fingerprint density at radius 2 is 1.94 bits per heavy atom. The summed E-state index contributed by atoms with van der Waals surface area (Å²) in [5.74, 6) is -2.35. The Labute approximate surface area is 93.7 Å². The van der Waals surface area contributed by atoms with E-state index in [4.69, 9.17) is 5.11 Å². The number of rotatable bonds is 6. The maximum Gasteiger partial charge on any atom is 0.326 e. The van der Waals surface area contributed by atoms with Crippen LogP contribution in [0.15, 0.2) is 12.7 Å². The molecule has 90 valence electrons. The maximum atomic E-state index is 11.3. The van der Waals surface area contributed by atoms with E-state index in [1.165, 1.54) is 0 Å². The first-order valence-electron chi connectivity index (χ1n) is 4.81. The van der Waals surface area contributed by atoms with Crippen LogP contribution >= 0.6 is 0 Å². The van der Waals surface area contributed by atoms with E-state index in [0.717, 1.165) is 6.08 Å². The number of amides is 2. The average Bonchev–Trinajstić information content (AvgIpc) is 2.21. The SMILES string of the molecule is C=CC(=O)NCC(=O)N[C@H](C(=O)O)C(C)C. The van der Waals surface area contributed by atoms with E-state index >= 15 is 0 Å². The van der Waals surface area contributed by atoms with Crippen molar-refractivity contribution in [1.82, 2.24) is 10.6 Å². The fourth-order valence-corrected chi connectivity index (χ4v) is 0.978. The van der Waals surface area contributed by atoms with Gasteiger partial charge in [-0.25, -0.2) is 4.79 Å². The number of aliphatic carboxylic acids is 1. The molecule has 0 aliphatic heterocycles. The first-order chi connectivity index (χ1) is 7.38. The molecule has 0 radical (unpaired) electrons. The molecule has 0 bridgehead atoms. The van der Waals surface area contributed by atoms with Crippen molar-refractivity contribution in [2.45, 2.75) is 19.9 Å². The lowest BCUT2D eigenvalue weighted by Crippen LogP contribution is -2.47. The first kappa shape index (κ1) is 14.2. The molecule has 6 nitrogen and oxygen atoms in total. The fraction of sp³-hybridized carbons (Fsp3) is 0.500. The Bertz CT molecular complexity index is 299. The van der Waals surface area contributed by atoms with Gasteiger partial charge >= 0.3 is 5.97 Å². The van der Waals surface area contributed by atoms with Crippen molar-refractivity contribution in [3.8, 4) is 0 Å². The summed E-state index contributed by atoms with van der Waals surface area (Å²) < 4.78 is 0. The fourth-order valence-electron chi connectivity index (χ4n) is 0.978. The molecule has 6 heteroatoms. The predicted molar refractivity (Wildman–Crippen MR) is 57.6 cm³/mol. The molecule has 0 aromatic carbocycles. The van der Waals surface area contributed by atoms with Crippen LogP contribution in [0.5, 0.6) is 0 Å². The molecule has 0 saturated heterocycles. The summed E-state index contributed by atoms with van der Waals surface area (Å²) in [6.45, 7) is 6.32. The van der Waals surface area contributed by atoms with E-state index in [-0.39, 0.29) is 12.5 Å². The summed E-state index contributed by atoms with van der Waals surface area (Å²) in [7, 11) is 0.